The van der Waals surface area contributed by atoms with Gasteiger partial charge in [0.05, 0.1) is 4.32 Å². The highest BCUT2D eigenvalue weighted by atomic mass is 79.9. The number of hydrogen-bond acceptors (Lipinski definition) is 0. The molecule has 0 heterocycles. The zero-order valence-corrected chi connectivity index (χ0v) is 9.83. The molecule has 1 heteroatoms. The van der Waals surface area contributed by atoms with Gasteiger partial charge < -0.3 is 0 Å². The van der Waals surface area contributed by atoms with Gasteiger partial charge in [0, 0.05) is 0 Å². The van der Waals surface area contributed by atoms with Crippen molar-refractivity contribution in [3.05, 3.63) is 35.9 Å². The second-order valence-electron chi connectivity index (χ2n) is 4.68. The maximum atomic E-state index is 4.05. The van der Waals surface area contributed by atoms with Crippen molar-refractivity contribution in [3.8, 4) is 0 Å². The van der Waals surface area contributed by atoms with Gasteiger partial charge in [-0.2, -0.15) is 0 Å². The molecule has 1 aromatic rings. The van der Waals surface area contributed by atoms with Gasteiger partial charge in [0.25, 0.3) is 0 Å². The molecule has 2 aliphatic carbocycles. The Bertz CT molecular complexity index is 310. The fourth-order valence-corrected chi connectivity index (χ4v) is 4.61. The quantitative estimate of drug-likeness (QED) is 0.659. The third-order valence-electron chi connectivity index (χ3n) is 4.13. The third-order valence-corrected chi connectivity index (χ3v) is 5.88. The summed E-state index contributed by atoms with van der Waals surface area (Å²) in [6.45, 7) is 0. The van der Waals surface area contributed by atoms with E-state index >= 15 is 0 Å². The van der Waals surface area contributed by atoms with E-state index in [1.54, 1.807) is 0 Å². The van der Waals surface area contributed by atoms with Gasteiger partial charge in [-0.15, -0.1) is 0 Å². The van der Waals surface area contributed by atoms with Crippen molar-refractivity contribution in [3.63, 3.8) is 0 Å². The smallest absolute Gasteiger partial charge is 0.0562 e. The summed E-state index contributed by atoms with van der Waals surface area (Å²) in [6, 6.07) is 11.0. The number of halogens is 1. The summed E-state index contributed by atoms with van der Waals surface area (Å²) in [4.78, 5) is 0. The van der Waals surface area contributed by atoms with Crippen molar-refractivity contribution in [1.29, 1.82) is 0 Å². The Kier molecular flexibility index (Phi) is 1.98. The van der Waals surface area contributed by atoms with Gasteiger partial charge in [-0.25, -0.2) is 0 Å². The molecule has 0 atom stereocenters. The summed E-state index contributed by atoms with van der Waals surface area (Å²) in [6.07, 6.45) is 5.69. The van der Waals surface area contributed by atoms with Crippen LogP contribution in [-0.2, 0) is 4.32 Å². The number of rotatable bonds is 1. The van der Waals surface area contributed by atoms with E-state index < -0.39 is 0 Å². The van der Waals surface area contributed by atoms with Crippen molar-refractivity contribution in [2.75, 3.05) is 0 Å². The zero-order chi connectivity index (χ0) is 9.60. The predicted octanol–water partition coefficient (Wildman–Crippen LogP) is 4.10. The molecule has 2 saturated carbocycles. The van der Waals surface area contributed by atoms with Gasteiger partial charge in [0.2, 0.25) is 0 Å². The fraction of sp³-hybridized carbons (Fsp3) is 0.538. The normalized spacial score (nSPS) is 40.4. The van der Waals surface area contributed by atoms with Crippen LogP contribution in [0.5, 0.6) is 0 Å². The average molecular weight is 251 g/mol. The lowest BCUT2D eigenvalue weighted by Gasteiger charge is -2.28. The Morgan fingerprint density at radius 3 is 1.93 bits per heavy atom. The largest absolute Gasteiger partial charge is 0.0795 e. The minimum absolute atomic E-state index is 0.328. The lowest BCUT2D eigenvalue weighted by molar-refractivity contribution is 0.480. The number of benzene rings is 1. The van der Waals surface area contributed by atoms with E-state index in [1.807, 2.05) is 0 Å². The molecule has 1 aromatic carbocycles. The standard InChI is InChI=1S/C13H15Br/c14-13(10-4-2-1-3-5-10)11-6-7-12(13)9-8-11/h1-5,11-12H,6-9H2. The molecule has 0 aliphatic heterocycles. The molecule has 0 unspecified atom stereocenters. The lowest BCUT2D eigenvalue weighted by atomic mass is 9.89. The van der Waals surface area contributed by atoms with E-state index in [1.165, 1.54) is 31.2 Å². The Morgan fingerprint density at radius 2 is 1.43 bits per heavy atom. The van der Waals surface area contributed by atoms with Crippen LogP contribution in [0.15, 0.2) is 30.3 Å². The van der Waals surface area contributed by atoms with Crippen LogP contribution < -0.4 is 0 Å². The number of hydrogen-bond donors (Lipinski definition) is 0. The van der Waals surface area contributed by atoms with Crippen LogP contribution in [0.1, 0.15) is 31.2 Å². The molecular formula is C13H15Br. The van der Waals surface area contributed by atoms with Crippen molar-refractivity contribution in [2.24, 2.45) is 11.8 Å². The molecule has 0 aromatic heterocycles. The highest BCUT2D eigenvalue weighted by Crippen LogP contribution is 2.62. The molecule has 2 aliphatic rings. The summed E-state index contributed by atoms with van der Waals surface area (Å²) in [5, 5.41) is 0. The first-order chi connectivity index (χ1) is 6.82. The molecule has 14 heavy (non-hydrogen) atoms. The van der Waals surface area contributed by atoms with Crippen LogP contribution >= 0.6 is 15.9 Å². The summed E-state index contributed by atoms with van der Waals surface area (Å²) in [5.41, 5.74) is 1.50. The van der Waals surface area contributed by atoms with Gasteiger partial charge in [0.1, 0.15) is 0 Å². The van der Waals surface area contributed by atoms with Crippen LogP contribution in [0.25, 0.3) is 0 Å². The van der Waals surface area contributed by atoms with Crippen molar-refractivity contribution in [1.82, 2.24) is 0 Å². The molecule has 3 rings (SSSR count). The molecule has 0 spiro atoms. The fourth-order valence-electron chi connectivity index (χ4n) is 3.43. The number of fused-ring (bicyclic) bond motifs is 2. The summed E-state index contributed by atoms with van der Waals surface area (Å²) in [7, 11) is 0. The molecular weight excluding hydrogens is 236 g/mol. The molecule has 2 fully saturated rings. The molecule has 74 valence electrons. The van der Waals surface area contributed by atoms with Crippen molar-refractivity contribution in [2.45, 2.75) is 30.0 Å². The molecule has 0 radical (unpaired) electrons. The molecule has 0 nitrogen and oxygen atoms in total. The van der Waals surface area contributed by atoms with Gasteiger partial charge in [-0.3, -0.25) is 0 Å². The average Bonchev–Trinajstić information content (AvgIpc) is 2.75. The summed E-state index contributed by atoms with van der Waals surface area (Å²) >= 11 is 4.05. The molecule has 0 saturated heterocycles. The summed E-state index contributed by atoms with van der Waals surface area (Å²) < 4.78 is 0.328. The highest BCUT2D eigenvalue weighted by Gasteiger charge is 2.53. The maximum Gasteiger partial charge on any atom is 0.0562 e. The van der Waals surface area contributed by atoms with Gasteiger partial charge >= 0.3 is 0 Å². The second kappa shape index (κ2) is 3.10. The van der Waals surface area contributed by atoms with Crippen LogP contribution in [0.2, 0.25) is 0 Å². The Balaban J connectivity index is 2.05. The predicted molar refractivity (Wildman–Crippen MR) is 62.5 cm³/mol. The Morgan fingerprint density at radius 1 is 0.929 bits per heavy atom. The van der Waals surface area contributed by atoms with Crippen LogP contribution in [0.3, 0.4) is 0 Å². The molecule has 0 amide bonds. The number of alkyl halides is 1. The van der Waals surface area contributed by atoms with Gasteiger partial charge in [0.15, 0.2) is 0 Å². The molecule has 2 bridgehead atoms. The van der Waals surface area contributed by atoms with E-state index in [9.17, 15) is 0 Å². The first-order valence-corrected chi connectivity index (χ1v) is 6.35. The van der Waals surface area contributed by atoms with Gasteiger partial charge in [-0.05, 0) is 43.1 Å². The van der Waals surface area contributed by atoms with E-state index in [4.69, 9.17) is 0 Å². The zero-order valence-electron chi connectivity index (χ0n) is 8.25. The van der Waals surface area contributed by atoms with Crippen molar-refractivity contribution < 1.29 is 0 Å². The maximum absolute atomic E-state index is 4.05. The monoisotopic (exact) mass is 250 g/mol. The first kappa shape index (κ1) is 8.96. The van der Waals surface area contributed by atoms with Crippen LogP contribution in [0.4, 0.5) is 0 Å². The Labute approximate surface area is 93.8 Å². The van der Waals surface area contributed by atoms with E-state index in [0.29, 0.717) is 4.32 Å². The first-order valence-electron chi connectivity index (χ1n) is 5.56. The van der Waals surface area contributed by atoms with Crippen molar-refractivity contribution >= 4 is 15.9 Å². The van der Waals surface area contributed by atoms with Crippen LogP contribution in [0, 0.1) is 11.8 Å². The lowest BCUT2D eigenvalue weighted by Crippen LogP contribution is -2.23. The minimum atomic E-state index is 0.328. The minimum Gasteiger partial charge on any atom is -0.0795 e. The van der Waals surface area contributed by atoms with Gasteiger partial charge in [-0.1, -0.05) is 46.3 Å². The van der Waals surface area contributed by atoms with E-state index in [2.05, 4.69) is 46.3 Å². The van der Waals surface area contributed by atoms with Crippen LogP contribution in [-0.4, -0.2) is 0 Å². The summed E-state index contributed by atoms with van der Waals surface area (Å²) in [5.74, 6) is 1.77. The van der Waals surface area contributed by atoms with E-state index in [-0.39, 0.29) is 0 Å². The SMILES string of the molecule is BrC1(c2ccccc2)C2CCC1CC2. The van der Waals surface area contributed by atoms with E-state index in [0.717, 1.165) is 11.8 Å². The molecule has 0 N–H and O–H groups in total. The second-order valence-corrected chi connectivity index (χ2v) is 5.99. The Hall–Kier alpha value is -0.300. The third kappa shape index (κ3) is 1.05. The highest BCUT2D eigenvalue weighted by molar-refractivity contribution is 9.09. The topological polar surface area (TPSA) is 0 Å².